The predicted molar refractivity (Wildman–Crippen MR) is 67.9 cm³/mol. The fraction of sp³-hybridized carbons (Fsp3) is 0.308. The number of hydrogen-bond donors (Lipinski definition) is 0. The van der Waals surface area contributed by atoms with Gasteiger partial charge in [0.2, 0.25) is 0 Å². The van der Waals surface area contributed by atoms with E-state index >= 15 is 0 Å². The van der Waals surface area contributed by atoms with E-state index in [1.165, 1.54) is 22.0 Å². The van der Waals surface area contributed by atoms with Crippen LogP contribution in [0, 0.1) is 18.5 Å². The van der Waals surface area contributed by atoms with Crippen molar-refractivity contribution in [3.63, 3.8) is 0 Å². The smallest absolute Gasteiger partial charge is 0.106 e. The number of hydrogen-bond acceptors (Lipinski definition) is 1. The van der Waals surface area contributed by atoms with E-state index in [-0.39, 0.29) is 0 Å². The maximum absolute atomic E-state index is 5.37. The monoisotopic (exact) mass is 217 g/mol. The Morgan fingerprint density at radius 3 is 2.60 bits per heavy atom. The zero-order valence-corrected chi connectivity index (χ0v) is 10.2. The average molecular weight is 217 g/mol. The maximum Gasteiger partial charge on any atom is 0.106 e. The Morgan fingerprint density at radius 2 is 1.93 bits per heavy atom. The van der Waals surface area contributed by atoms with Gasteiger partial charge in [-0.25, -0.2) is 0 Å². The third-order valence-electron chi connectivity index (χ3n) is 2.79. The van der Waals surface area contributed by atoms with Crippen LogP contribution in [0.15, 0.2) is 24.3 Å². The lowest BCUT2D eigenvalue weighted by molar-refractivity contribution is 0.776. The van der Waals surface area contributed by atoms with Crippen LogP contribution in [0.5, 0.6) is 0 Å². The van der Waals surface area contributed by atoms with E-state index in [0.717, 1.165) is 11.2 Å². The van der Waals surface area contributed by atoms with Crippen molar-refractivity contribution in [3.8, 4) is 0 Å². The molecule has 0 saturated carbocycles. The molecule has 1 aromatic carbocycles. The van der Waals surface area contributed by atoms with E-state index < -0.39 is 0 Å². The van der Waals surface area contributed by atoms with Gasteiger partial charge in [-0.05, 0) is 44.0 Å². The van der Waals surface area contributed by atoms with Crippen molar-refractivity contribution < 1.29 is 0 Å². The zero-order chi connectivity index (χ0) is 11.0. The first-order valence-electron chi connectivity index (χ1n) is 5.24. The van der Waals surface area contributed by atoms with Crippen molar-refractivity contribution in [1.82, 2.24) is 4.57 Å². The minimum atomic E-state index is 0.924. The molecule has 0 radical (unpaired) electrons. The minimum Gasteiger partial charge on any atom is -0.332 e. The second-order valence-electron chi connectivity index (χ2n) is 3.93. The van der Waals surface area contributed by atoms with Crippen LogP contribution in [-0.4, -0.2) is 4.57 Å². The fourth-order valence-corrected chi connectivity index (χ4v) is 2.39. The molecule has 0 aliphatic rings. The van der Waals surface area contributed by atoms with Gasteiger partial charge >= 0.3 is 0 Å². The van der Waals surface area contributed by atoms with Gasteiger partial charge in [0, 0.05) is 17.4 Å². The Kier molecular flexibility index (Phi) is 2.61. The van der Waals surface area contributed by atoms with Gasteiger partial charge in [-0.3, -0.25) is 0 Å². The first kappa shape index (κ1) is 10.4. The minimum absolute atomic E-state index is 0.924. The topological polar surface area (TPSA) is 4.93 Å². The molecule has 0 saturated heterocycles. The lowest BCUT2D eigenvalue weighted by Gasteiger charge is -2.11. The molecule has 2 rings (SSSR count). The number of fused-ring (bicyclic) bond motifs is 1. The van der Waals surface area contributed by atoms with E-state index in [1.54, 1.807) is 0 Å². The largest absolute Gasteiger partial charge is 0.332 e. The summed E-state index contributed by atoms with van der Waals surface area (Å²) in [6.45, 7) is 7.30. The number of aromatic nitrogens is 1. The van der Waals surface area contributed by atoms with E-state index in [2.05, 4.69) is 49.6 Å². The molecule has 0 amide bonds. The van der Waals surface area contributed by atoms with E-state index in [1.807, 2.05) is 0 Å². The summed E-state index contributed by atoms with van der Waals surface area (Å²) < 4.78 is 3.11. The van der Waals surface area contributed by atoms with Crippen LogP contribution in [0.4, 0.5) is 0 Å². The zero-order valence-electron chi connectivity index (χ0n) is 9.37. The molecule has 2 heteroatoms. The van der Waals surface area contributed by atoms with Crippen LogP contribution in [-0.2, 0) is 6.54 Å². The number of benzene rings is 1. The molecule has 0 bridgehead atoms. The maximum atomic E-state index is 5.37. The molecule has 0 aliphatic heterocycles. The van der Waals surface area contributed by atoms with Gasteiger partial charge in [-0.1, -0.05) is 24.4 Å². The van der Waals surface area contributed by atoms with Crippen molar-refractivity contribution >= 4 is 23.1 Å². The van der Waals surface area contributed by atoms with Gasteiger partial charge in [0.05, 0.1) is 0 Å². The molecule has 0 fully saturated rings. The second-order valence-corrected chi connectivity index (χ2v) is 4.35. The Labute approximate surface area is 95.4 Å². The van der Waals surface area contributed by atoms with Crippen LogP contribution in [0.1, 0.15) is 18.1 Å². The Hall–Kier alpha value is -1.15. The first-order valence-corrected chi connectivity index (χ1v) is 5.65. The van der Waals surface area contributed by atoms with Gasteiger partial charge < -0.3 is 4.57 Å². The Bertz CT molecular complexity index is 566. The predicted octanol–water partition coefficient (Wildman–Crippen LogP) is 4.01. The number of rotatable bonds is 1. The second kappa shape index (κ2) is 3.78. The third-order valence-corrected chi connectivity index (χ3v) is 3.13. The number of nitrogens with zero attached hydrogens (tertiary/aromatic N) is 1. The summed E-state index contributed by atoms with van der Waals surface area (Å²) >= 11 is 5.37. The highest BCUT2D eigenvalue weighted by Crippen LogP contribution is 2.20. The van der Waals surface area contributed by atoms with Gasteiger partial charge in [-0.15, -0.1) is 0 Å². The van der Waals surface area contributed by atoms with Gasteiger partial charge in [0.1, 0.15) is 4.64 Å². The van der Waals surface area contributed by atoms with E-state index in [9.17, 15) is 0 Å². The lowest BCUT2D eigenvalue weighted by atomic mass is 10.1. The van der Waals surface area contributed by atoms with Crippen LogP contribution < -0.4 is 0 Å². The molecule has 1 heterocycles. The van der Waals surface area contributed by atoms with Crippen molar-refractivity contribution in [3.05, 3.63) is 40.0 Å². The highest BCUT2D eigenvalue weighted by Gasteiger charge is 2.02. The normalized spacial score (nSPS) is 10.9. The fourth-order valence-electron chi connectivity index (χ4n) is 1.98. The van der Waals surface area contributed by atoms with Crippen molar-refractivity contribution in [2.75, 3.05) is 0 Å². The summed E-state index contributed by atoms with van der Waals surface area (Å²) in [5, 5.41) is 1.30. The molecule has 0 spiro atoms. The molecule has 15 heavy (non-hydrogen) atoms. The van der Waals surface area contributed by atoms with Crippen LogP contribution in [0.25, 0.3) is 10.9 Å². The quantitative estimate of drug-likeness (QED) is 0.653. The lowest BCUT2D eigenvalue weighted by Crippen LogP contribution is -2.00. The first-order chi connectivity index (χ1) is 7.13. The molecule has 0 atom stereocenters. The molecule has 2 aromatic rings. The molecular weight excluding hydrogens is 202 g/mol. The van der Waals surface area contributed by atoms with Crippen molar-refractivity contribution in [1.29, 1.82) is 0 Å². The molecule has 0 N–H and O–H groups in total. The highest BCUT2D eigenvalue weighted by molar-refractivity contribution is 7.71. The number of aryl methyl sites for hydroxylation is 3. The summed E-state index contributed by atoms with van der Waals surface area (Å²) in [6, 6.07) is 8.62. The van der Waals surface area contributed by atoms with Gasteiger partial charge in [0.25, 0.3) is 0 Å². The summed E-state index contributed by atoms with van der Waals surface area (Å²) in [5.74, 6) is 0. The molecule has 1 aromatic heterocycles. The molecular formula is C13H15NS. The average Bonchev–Trinajstić information content (AvgIpc) is 2.17. The summed E-state index contributed by atoms with van der Waals surface area (Å²) in [5.41, 5.74) is 3.80. The molecule has 0 unspecified atom stereocenters. The van der Waals surface area contributed by atoms with E-state index in [4.69, 9.17) is 12.2 Å². The standard InChI is InChI=1S/C13H15NS/c1-4-14-12-7-9(2)5-6-11(12)10(3)8-13(14)15/h5-8H,4H2,1-3H3. The third kappa shape index (κ3) is 1.70. The molecule has 1 nitrogen and oxygen atoms in total. The Balaban J connectivity index is 2.98. The summed E-state index contributed by atoms with van der Waals surface area (Å²) in [7, 11) is 0. The van der Waals surface area contributed by atoms with E-state index in [0.29, 0.717) is 0 Å². The van der Waals surface area contributed by atoms with Crippen LogP contribution >= 0.6 is 12.2 Å². The molecule has 0 aliphatic carbocycles. The van der Waals surface area contributed by atoms with Gasteiger partial charge in [0.15, 0.2) is 0 Å². The van der Waals surface area contributed by atoms with Gasteiger partial charge in [-0.2, -0.15) is 0 Å². The van der Waals surface area contributed by atoms with Crippen LogP contribution in [0.2, 0.25) is 0 Å². The summed E-state index contributed by atoms with van der Waals surface area (Å²) in [6.07, 6.45) is 0. The van der Waals surface area contributed by atoms with Crippen molar-refractivity contribution in [2.45, 2.75) is 27.3 Å². The van der Waals surface area contributed by atoms with Crippen molar-refractivity contribution in [2.24, 2.45) is 0 Å². The SMILES string of the molecule is CCn1c(=S)cc(C)c2ccc(C)cc21. The molecule has 78 valence electrons. The highest BCUT2D eigenvalue weighted by atomic mass is 32.1. The van der Waals surface area contributed by atoms with Crippen LogP contribution in [0.3, 0.4) is 0 Å². The summed E-state index contributed by atoms with van der Waals surface area (Å²) in [4.78, 5) is 0. The number of pyridine rings is 1. The Morgan fingerprint density at radius 1 is 1.20 bits per heavy atom.